The summed E-state index contributed by atoms with van der Waals surface area (Å²) in [6.45, 7) is 3.09. The molecule has 1 saturated heterocycles. The van der Waals surface area contributed by atoms with Gasteiger partial charge in [0.25, 0.3) is 5.91 Å². The molecule has 6 nitrogen and oxygen atoms in total. The summed E-state index contributed by atoms with van der Waals surface area (Å²) in [5.41, 5.74) is 1.68. The summed E-state index contributed by atoms with van der Waals surface area (Å²) in [7, 11) is 0. The maximum atomic E-state index is 12.5. The third-order valence-electron chi connectivity index (χ3n) is 4.17. The van der Waals surface area contributed by atoms with Gasteiger partial charge in [0, 0.05) is 38.4 Å². The number of carbonyl (C=O) groups excluding carboxylic acids is 2. The molecule has 3 heterocycles. The van der Waals surface area contributed by atoms with Gasteiger partial charge in [-0.15, -0.1) is 11.6 Å². The van der Waals surface area contributed by atoms with Gasteiger partial charge in [-0.25, -0.2) is 0 Å². The van der Waals surface area contributed by atoms with E-state index in [2.05, 4.69) is 5.10 Å². The third-order valence-corrected chi connectivity index (χ3v) is 4.40. The van der Waals surface area contributed by atoms with Crippen LogP contribution in [0.15, 0.2) is 6.07 Å². The fourth-order valence-corrected chi connectivity index (χ4v) is 3.10. The van der Waals surface area contributed by atoms with E-state index in [1.54, 1.807) is 9.80 Å². The normalized spacial score (nSPS) is 18.5. The molecule has 3 rings (SSSR count). The Hall–Kier alpha value is -1.56. The van der Waals surface area contributed by atoms with E-state index in [-0.39, 0.29) is 17.7 Å². The zero-order chi connectivity index (χ0) is 14.8. The van der Waals surface area contributed by atoms with Gasteiger partial charge in [0.05, 0.1) is 0 Å². The first-order valence-electron chi connectivity index (χ1n) is 7.39. The van der Waals surface area contributed by atoms with Gasteiger partial charge in [-0.05, 0) is 25.3 Å². The molecule has 0 N–H and O–H groups in total. The highest BCUT2D eigenvalue weighted by atomic mass is 35.5. The number of aromatic nitrogens is 2. The van der Waals surface area contributed by atoms with Crippen LogP contribution in [0.4, 0.5) is 0 Å². The van der Waals surface area contributed by atoms with E-state index in [4.69, 9.17) is 11.6 Å². The second-order valence-corrected chi connectivity index (χ2v) is 5.78. The minimum absolute atomic E-state index is 0.00170. The van der Waals surface area contributed by atoms with Crippen LogP contribution in [-0.4, -0.2) is 63.5 Å². The Morgan fingerprint density at radius 1 is 1.10 bits per heavy atom. The number of alkyl halides is 1. The van der Waals surface area contributed by atoms with Crippen molar-refractivity contribution in [1.29, 1.82) is 0 Å². The van der Waals surface area contributed by atoms with Crippen LogP contribution in [0.5, 0.6) is 0 Å². The summed E-state index contributed by atoms with van der Waals surface area (Å²) in [5, 5.41) is 4.42. The van der Waals surface area contributed by atoms with Crippen molar-refractivity contribution in [3.05, 3.63) is 17.5 Å². The summed E-state index contributed by atoms with van der Waals surface area (Å²) in [4.78, 5) is 27.5. The number of aryl methyl sites for hydroxylation is 2. The highest BCUT2D eigenvalue weighted by Crippen LogP contribution is 2.17. The van der Waals surface area contributed by atoms with Gasteiger partial charge < -0.3 is 9.80 Å². The van der Waals surface area contributed by atoms with Crippen LogP contribution in [0, 0.1) is 0 Å². The summed E-state index contributed by atoms with van der Waals surface area (Å²) in [6, 6.07) is 1.91. The Morgan fingerprint density at radius 2 is 1.81 bits per heavy atom. The number of carbonyl (C=O) groups is 2. The number of fused-ring (bicyclic) bond motifs is 1. The molecule has 0 radical (unpaired) electrons. The molecule has 0 spiro atoms. The van der Waals surface area contributed by atoms with Crippen molar-refractivity contribution < 1.29 is 9.59 Å². The fraction of sp³-hybridized carbons (Fsp3) is 0.643. The van der Waals surface area contributed by atoms with Gasteiger partial charge in [0.15, 0.2) is 5.69 Å². The van der Waals surface area contributed by atoms with E-state index in [1.165, 1.54) is 6.42 Å². The smallest absolute Gasteiger partial charge is 0.274 e. The molecular formula is C14H19ClN4O2. The Kier molecular flexibility index (Phi) is 4.14. The number of amides is 2. The molecule has 1 aromatic rings. The Labute approximate surface area is 128 Å². The molecule has 0 atom stereocenters. The minimum Gasteiger partial charge on any atom is -0.338 e. The minimum atomic E-state index is -0.0683. The molecule has 2 aliphatic rings. The molecule has 0 unspecified atom stereocenters. The fourth-order valence-electron chi connectivity index (χ4n) is 2.93. The van der Waals surface area contributed by atoms with Crippen LogP contribution in [-0.2, 0) is 17.8 Å². The zero-order valence-corrected chi connectivity index (χ0v) is 12.7. The Morgan fingerprint density at radius 3 is 2.48 bits per heavy atom. The van der Waals surface area contributed by atoms with Gasteiger partial charge >= 0.3 is 0 Å². The van der Waals surface area contributed by atoms with Crippen LogP contribution in [0.1, 0.15) is 29.0 Å². The van der Waals surface area contributed by atoms with Crippen LogP contribution < -0.4 is 0 Å². The molecule has 2 aliphatic heterocycles. The van der Waals surface area contributed by atoms with Gasteiger partial charge in [-0.1, -0.05) is 0 Å². The lowest BCUT2D eigenvalue weighted by atomic mass is 10.1. The second-order valence-electron chi connectivity index (χ2n) is 5.51. The molecule has 2 amide bonds. The van der Waals surface area contributed by atoms with Crippen molar-refractivity contribution in [2.45, 2.75) is 25.8 Å². The monoisotopic (exact) mass is 310 g/mol. The average Bonchev–Trinajstić information content (AvgIpc) is 2.97. The van der Waals surface area contributed by atoms with Crippen LogP contribution in [0.2, 0.25) is 0 Å². The Bertz CT molecular complexity index is 526. The Balaban J connectivity index is 1.64. The molecule has 21 heavy (non-hydrogen) atoms. The number of rotatable bonds is 2. The zero-order valence-electron chi connectivity index (χ0n) is 11.9. The predicted molar refractivity (Wildman–Crippen MR) is 78.4 cm³/mol. The lowest BCUT2D eigenvalue weighted by molar-refractivity contribution is -0.129. The van der Waals surface area contributed by atoms with Crippen LogP contribution >= 0.6 is 11.6 Å². The van der Waals surface area contributed by atoms with Gasteiger partial charge in [-0.3, -0.25) is 14.3 Å². The number of nitrogens with zero attached hydrogens (tertiary/aromatic N) is 4. The summed E-state index contributed by atoms with van der Waals surface area (Å²) in [5.74, 6) is -0.0991. The molecule has 1 fully saturated rings. The van der Waals surface area contributed by atoms with Crippen molar-refractivity contribution in [2.24, 2.45) is 0 Å². The summed E-state index contributed by atoms with van der Waals surface area (Å²) >= 11 is 5.55. The van der Waals surface area contributed by atoms with Crippen LogP contribution in [0.3, 0.4) is 0 Å². The molecule has 0 aliphatic carbocycles. The van der Waals surface area contributed by atoms with Crippen molar-refractivity contribution >= 4 is 23.4 Å². The SMILES string of the molecule is O=C(CCl)N1CCN(C(=O)c2cc3n(n2)CCCC3)CC1. The highest BCUT2D eigenvalue weighted by Gasteiger charge is 2.26. The van der Waals surface area contributed by atoms with Crippen molar-refractivity contribution in [3.63, 3.8) is 0 Å². The number of hydrogen-bond donors (Lipinski definition) is 0. The quantitative estimate of drug-likeness (QED) is 0.757. The van der Waals surface area contributed by atoms with Gasteiger partial charge in [0.1, 0.15) is 5.88 Å². The topological polar surface area (TPSA) is 58.4 Å². The largest absolute Gasteiger partial charge is 0.338 e. The average molecular weight is 311 g/mol. The van der Waals surface area contributed by atoms with E-state index < -0.39 is 0 Å². The first kappa shape index (κ1) is 14.4. The molecule has 7 heteroatoms. The molecular weight excluding hydrogens is 292 g/mol. The molecule has 0 saturated carbocycles. The van der Waals surface area contributed by atoms with E-state index in [9.17, 15) is 9.59 Å². The number of halogens is 1. The number of piperazine rings is 1. The first-order chi connectivity index (χ1) is 10.2. The lowest BCUT2D eigenvalue weighted by Gasteiger charge is -2.34. The van der Waals surface area contributed by atoms with Crippen molar-refractivity contribution in [3.8, 4) is 0 Å². The molecule has 1 aromatic heterocycles. The van der Waals surface area contributed by atoms with Gasteiger partial charge in [0.2, 0.25) is 5.91 Å². The number of hydrogen-bond acceptors (Lipinski definition) is 3. The second kappa shape index (κ2) is 6.05. The molecule has 114 valence electrons. The van der Waals surface area contributed by atoms with E-state index in [1.807, 2.05) is 10.7 Å². The van der Waals surface area contributed by atoms with Crippen molar-refractivity contribution in [2.75, 3.05) is 32.1 Å². The van der Waals surface area contributed by atoms with Crippen LogP contribution in [0.25, 0.3) is 0 Å². The third kappa shape index (κ3) is 2.90. The van der Waals surface area contributed by atoms with Crippen molar-refractivity contribution in [1.82, 2.24) is 19.6 Å². The van der Waals surface area contributed by atoms with E-state index in [0.29, 0.717) is 31.9 Å². The van der Waals surface area contributed by atoms with E-state index in [0.717, 1.165) is 25.1 Å². The van der Waals surface area contributed by atoms with Gasteiger partial charge in [-0.2, -0.15) is 5.10 Å². The summed E-state index contributed by atoms with van der Waals surface area (Å²) < 4.78 is 1.95. The predicted octanol–water partition coefficient (Wildman–Crippen LogP) is 0.743. The maximum absolute atomic E-state index is 12.5. The standard InChI is InChI=1S/C14H19ClN4O2/c15-10-13(20)17-5-7-18(8-6-17)14(21)12-9-11-3-1-2-4-19(11)16-12/h9H,1-8,10H2. The highest BCUT2D eigenvalue weighted by molar-refractivity contribution is 6.27. The molecule has 0 aromatic carbocycles. The van der Waals surface area contributed by atoms with E-state index >= 15 is 0 Å². The first-order valence-corrected chi connectivity index (χ1v) is 7.92. The maximum Gasteiger partial charge on any atom is 0.274 e. The lowest BCUT2D eigenvalue weighted by Crippen LogP contribution is -2.51. The summed E-state index contributed by atoms with van der Waals surface area (Å²) in [6.07, 6.45) is 3.29. The molecule has 0 bridgehead atoms.